The van der Waals surface area contributed by atoms with Crippen LogP contribution in [0.4, 0.5) is 0 Å². The molecule has 3 aromatic rings. The Bertz CT molecular complexity index is 1110. The number of carbonyl (C=O) groups is 3. The summed E-state index contributed by atoms with van der Waals surface area (Å²) < 4.78 is 0. The molecule has 10 heteroatoms. The van der Waals surface area contributed by atoms with Crippen LogP contribution < -0.4 is 0 Å². The number of carboxylic acid groups (broad SMARTS) is 2. The number of rotatable bonds is 3. The number of carboxylic acids is 2. The molecule has 0 atom stereocenters. The van der Waals surface area contributed by atoms with Gasteiger partial charge in [0.1, 0.15) is 6.33 Å². The molecule has 4 rings (SSSR count). The number of hydrogen-bond acceptors (Lipinski definition) is 7. The van der Waals surface area contributed by atoms with Crippen LogP contribution in [0.2, 0.25) is 0 Å². The van der Waals surface area contributed by atoms with E-state index in [1.165, 1.54) is 0 Å². The van der Waals surface area contributed by atoms with Gasteiger partial charge < -0.3 is 15.1 Å². The monoisotopic (exact) mass is 435 g/mol. The lowest BCUT2D eigenvalue weighted by molar-refractivity contribution is -0.159. The molecule has 1 aliphatic rings. The van der Waals surface area contributed by atoms with Crippen LogP contribution in [-0.2, 0) is 29.0 Å². The van der Waals surface area contributed by atoms with E-state index < -0.39 is 11.9 Å². The number of aryl methyl sites for hydroxylation is 1. The summed E-state index contributed by atoms with van der Waals surface area (Å²) in [7, 11) is 0. The number of aromatic nitrogens is 4. The molecule has 0 aromatic carbocycles. The highest BCUT2D eigenvalue weighted by Crippen LogP contribution is 2.27. The van der Waals surface area contributed by atoms with Crippen LogP contribution in [0.5, 0.6) is 0 Å². The fraction of sp³-hybridized carbons (Fsp3) is 0.227. The molecule has 0 spiro atoms. The average Bonchev–Trinajstić information content (AvgIpc) is 2.83. The maximum absolute atomic E-state index is 12.9. The van der Waals surface area contributed by atoms with Crippen molar-refractivity contribution in [1.82, 2.24) is 24.8 Å². The Labute approximate surface area is 183 Å². The van der Waals surface area contributed by atoms with Gasteiger partial charge in [0.2, 0.25) is 0 Å². The van der Waals surface area contributed by atoms with Gasteiger partial charge >= 0.3 is 11.9 Å². The lowest BCUT2D eigenvalue weighted by Crippen LogP contribution is -2.36. The van der Waals surface area contributed by atoms with Crippen LogP contribution in [0, 0.1) is 0 Å². The summed E-state index contributed by atoms with van der Waals surface area (Å²) in [6.07, 6.45) is 8.36. The second kappa shape index (κ2) is 10.2. The first kappa shape index (κ1) is 22.5. The maximum Gasteiger partial charge on any atom is 0.414 e. The fourth-order valence-corrected chi connectivity index (χ4v) is 3.21. The van der Waals surface area contributed by atoms with Crippen LogP contribution in [0.3, 0.4) is 0 Å². The fourth-order valence-electron chi connectivity index (χ4n) is 3.21. The molecule has 0 radical (unpaired) electrons. The molecule has 0 bridgehead atoms. The summed E-state index contributed by atoms with van der Waals surface area (Å²) in [5.41, 5.74) is 5.39. The van der Waals surface area contributed by atoms with Crippen LogP contribution >= 0.6 is 0 Å². The molecule has 0 saturated heterocycles. The predicted octanol–water partition coefficient (Wildman–Crippen LogP) is 1.85. The van der Waals surface area contributed by atoms with E-state index in [0.29, 0.717) is 18.7 Å². The Kier molecular flexibility index (Phi) is 7.17. The quantitative estimate of drug-likeness (QED) is 0.588. The molecule has 164 valence electrons. The van der Waals surface area contributed by atoms with Gasteiger partial charge in [-0.05, 0) is 30.7 Å². The molecule has 32 heavy (non-hydrogen) atoms. The van der Waals surface area contributed by atoms with E-state index in [9.17, 15) is 4.79 Å². The smallest absolute Gasteiger partial charge is 0.414 e. The zero-order valence-corrected chi connectivity index (χ0v) is 17.3. The van der Waals surface area contributed by atoms with Gasteiger partial charge in [-0.25, -0.2) is 19.6 Å². The Balaban J connectivity index is 0.000000427. The van der Waals surface area contributed by atoms with E-state index in [1.54, 1.807) is 24.9 Å². The van der Waals surface area contributed by atoms with Crippen molar-refractivity contribution < 1.29 is 24.6 Å². The van der Waals surface area contributed by atoms with Gasteiger partial charge in [-0.3, -0.25) is 14.8 Å². The molecular formula is C22H21N5O5. The third kappa shape index (κ3) is 5.28. The third-order valence-corrected chi connectivity index (χ3v) is 4.84. The van der Waals surface area contributed by atoms with Gasteiger partial charge in [0.05, 0.1) is 17.0 Å². The summed E-state index contributed by atoms with van der Waals surface area (Å²) in [6, 6.07) is 7.63. The topological polar surface area (TPSA) is 146 Å². The Morgan fingerprint density at radius 3 is 2.41 bits per heavy atom. The lowest BCUT2D eigenvalue weighted by atomic mass is 9.99. The average molecular weight is 435 g/mol. The second-order valence-electron chi connectivity index (χ2n) is 6.87. The minimum Gasteiger partial charge on any atom is -0.473 e. The largest absolute Gasteiger partial charge is 0.473 e. The summed E-state index contributed by atoms with van der Waals surface area (Å²) in [5, 5.41) is 14.8. The van der Waals surface area contributed by atoms with E-state index in [2.05, 4.69) is 19.9 Å². The minimum atomic E-state index is -1.82. The number of nitrogens with zero attached hydrogens (tertiary/aromatic N) is 5. The van der Waals surface area contributed by atoms with E-state index >= 15 is 0 Å². The zero-order valence-electron chi connectivity index (χ0n) is 17.3. The molecule has 0 saturated carbocycles. The van der Waals surface area contributed by atoms with E-state index in [1.807, 2.05) is 36.1 Å². The van der Waals surface area contributed by atoms with E-state index in [-0.39, 0.29) is 5.91 Å². The standard InChI is InChI=1S/C20H19N5O.C2H2O4/c1-2-16-6-5-15(11-22-16)20(26)25-9-7-18-17(12-25)19(24-13-23-18)14-4-3-8-21-10-14;3-1(4)2(5)6/h3-6,8,10-11,13H,2,7,9,12H2,1H3;(H,3,4)(H,5,6). The van der Waals surface area contributed by atoms with Gasteiger partial charge in [-0.15, -0.1) is 0 Å². The van der Waals surface area contributed by atoms with Gasteiger partial charge in [0, 0.05) is 54.9 Å². The Morgan fingerprint density at radius 2 is 1.81 bits per heavy atom. The van der Waals surface area contributed by atoms with Crippen molar-refractivity contribution in [2.24, 2.45) is 0 Å². The number of hydrogen-bond donors (Lipinski definition) is 2. The van der Waals surface area contributed by atoms with Crippen molar-refractivity contribution in [3.05, 3.63) is 71.7 Å². The van der Waals surface area contributed by atoms with Crippen LogP contribution in [0.15, 0.2) is 49.2 Å². The summed E-state index contributed by atoms with van der Waals surface area (Å²) in [5.74, 6) is -3.66. The zero-order chi connectivity index (χ0) is 23.1. The number of carbonyl (C=O) groups excluding carboxylic acids is 1. The van der Waals surface area contributed by atoms with Crippen molar-refractivity contribution in [3.8, 4) is 11.3 Å². The molecule has 0 unspecified atom stereocenters. The normalized spacial score (nSPS) is 12.2. The lowest BCUT2D eigenvalue weighted by Gasteiger charge is -2.29. The first-order valence-electron chi connectivity index (χ1n) is 9.84. The molecule has 2 N–H and O–H groups in total. The van der Waals surface area contributed by atoms with Crippen LogP contribution in [-0.4, -0.2) is 59.4 Å². The molecule has 3 aromatic heterocycles. The van der Waals surface area contributed by atoms with Gasteiger partial charge in [-0.1, -0.05) is 6.92 Å². The number of amides is 1. The molecule has 1 aliphatic heterocycles. The summed E-state index contributed by atoms with van der Waals surface area (Å²) in [6.45, 7) is 3.19. The van der Waals surface area contributed by atoms with Crippen molar-refractivity contribution in [2.75, 3.05) is 6.54 Å². The van der Waals surface area contributed by atoms with Gasteiger partial charge in [0.25, 0.3) is 5.91 Å². The predicted molar refractivity (Wildman–Crippen MR) is 113 cm³/mol. The summed E-state index contributed by atoms with van der Waals surface area (Å²) in [4.78, 5) is 50.3. The first-order valence-corrected chi connectivity index (χ1v) is 9.84. The van der Waals surface area contributed by atoms with Crippen molar-refractivity contribution in [1.29, 1.82) is 0 Å². The van der Waals surface area contributed by atoms with Crippen LogP contribution in [0.1, 0.15) is 34.2 Å². The highest BCUT2D eigenvalue weighted by molar-refractivity contribution is 6.27. The number of fused-ring (bicyclic) bond motifs is 1. The third-order valence-electron chi connectivity index (χ3n) is 4.84. The van der Waals surface area contributed by atoms with Crippen molar-refractivity contribution in [3.63, 3.8) is 0 Å². The minimum absolute atomic E-state index is 0.00760. The highest BCUT2D eigenvalue weighted by atomic mass is 16.4. The molecule has 0 fully saturated rings. The molecule has 1 amide bonds. The molecule has 10 nitrogen and oxygen atoms in total. The second-order valence-corrected chi connectivity index (χ2v) is 6.87. The van der Waals surface area contributed by atoms with E-state index in [0.717, 1.165) is 41.1 Å². The van der Waals surface area contributed by atoms with Crippen LogP contribution in [0.25, 0.3) is 11.3 Å². The molecular weight excluding hydrogens is 414 g/mol. The number of pyridine rings is 2. The SMILES string of the molecule is CCc1ccc(C(=O)N2CCc3ncnc(-c4cccnc4)c3C2)cn1.O=C(O)C(=O)O. The number of aliphatic carboxylic acids is 2. The molecule has 4 heterocycles. The Morgan fingerprint density at radius 1 is 1.03 bits per heavy atom. The van der Waals surface area contributed by atoms with Gasteiger partial charge in [0.15, 0.2) is 0 Å². The van der Waals surface area contributed by atoms with Gasteiger partial charge in [-0.2, -0.15) is 0 Å². The van der Waals surface area contributed by atoms with Crippen molar-refractivity contribution in [2.45, 2.75) is 26.3 Å². The maximum atomic E-state index is 12.9. The highest BCUT2D eigenvalue weighted by Gasteiger charge is 2.25. The van der Waals surface area contributed by atoms with E-state index in [4.69, 9.17) is 19.8 Å². The first-order chi connectivity index (χ1) is 15.4. The molecule has 0 aliphatic carbocycles. The Hall–Kier alpha value is -4.21. The van der Waals surface area contributed by atoms with Crippen molar-refractivity contribution >= 4 is 17.8 Å². The summed E-state index contributed by atoms with van der Waals surface area (Å²) >= 11 is 0.